The molecule has 0 fully saturated rings. The summed E-state index contributed by atoms with van der Waals surface area (Å²) in [6.07, 6.45) is 1.30. The number of nitrogens with one attached hydrogen (secondary N) is 1. The van der Waals surface area contributed by atoms with E-state index in [1.165, 1.54) is 4.70 Å². The van der Waals surface area contributed by atoms with Crippen LogP contribution in [0, 0.1) is 0 Å². The van der Waals surface area contributed by atoms with E-state index < -0.39 is 0 Å². The number of anilines is 1. The molecule has 0 saturated carbocycles. The smallest absolute Gasteiger partial charge is 0.224 e. The number of carbonyl (C=O) groups excluding carboxylic acids is 1. The van der Waals surface area contributed by atoms with E-state index >= 15 is 0 Å². The molecule has 0 unspecified atom stereocenters. The first-order chi connectivity index (χ1) is 11.2. The molecule has 1 amide bonds. The minimum Gasteiger partial charge on any atom is -0.326 e. The van der Waals surface area contributed by atoms with E-state index in [1.807, 2.05) is 30.3 Å². The number of para-hydroxylation sites is 1. The van der Waals surface area contributed by atoms with Gasteiger partial charge in [0.15, 0.2) is 4.34 Å². The molecule has 0 bridgehead atoms. The Hall–Kier alpha value is -1.56. The molecule has 0 aliphatic heterocycles. The Labute approximate surface area is 148 Å². The molecule has 0 saturated heterocycles. The molecule has 118 valence electrons. The Morgan fingerprint density at radius 1 is 1.22 bits per heavy atom. The van der Waals surface area contributed by atoms with Crippen molar-refractivity contribution in [3.63, 3.8) is 0 Å². The van der Waals surface area contributed by atoms with Crippen molar-refractivity contribution in [1.29, 1.82) is 0 Å². The van der Waals surface area contributed by atoms with Gasteiger partial charge in [0, 0.05) is 22.9 Å². The SMILES string of the molecule is O=C(CCCSc1nc2ccccc2s1)Nc1cccc(Cl)c1. The Morgan fingerprint density at radius 2 is 2.09 bits per heavy atom. The van der Waals surface area contributed by atoms with Crippen molar-refractivity contribution < 1.29 is 4.79 Å². The molecule has 0 aliphatic rings. The van der Waals surface area contributed by atoms with Crippen LogP contribution in [0.25, 0.3) is 10.2 Å². The zero-order valence-electron chi connectivity index (χ0n) is 12.3. The molecule has 1 N–H and O–H groups in total. The van der Waals surface area contributed by atoms with E-state index in [1.54, 1.807) is 35.2 Å². The molecular weight excluding hydrogens is 348 g/mol. The number of thiazole rings is 1. The molecule has 1 aromatic heterocycles. The fourth-order valence-corrected chi connectivity index (χ4v) is 4.36. The number of rotatable bonds is 6. The number of nitrogens with zero attached hydrogens (tertiary/aromatic N) is 1. The molecule has 3 rings (SSSR count). The number of halogens is 1. The maximum Gasteiger partial charge on any atom is 0.224 e. The minimum atomic E-state index is 0.0113. The molecule has 0 radical (unpaired) electrons. The molecule has 6 heteroatoms. The summed E-state index contributed by atoms with van der Waals surface area (Å²) in [5.41, 5.74) is 1.78. The van der Waals surface area contributed by atoms with Crippen LogP contribution in [0.1, 0.15) is 12.8 Å². The van der Waals surface area contributed by atoms with E-state index in [0.29, 0.717) is 11.4 Å². The quantitative estimate of drug-likeness (QED) is 0.467. The topological polar surface area (TPSA) is 42.0 Å². The van der Waals surface area contributed by atoms with Gasteiger partial charge in [0.2, 0.25) is 5.91 Å². The Balaban J connectivity index is 1.43. The van der Waals surface area contributed by atoms with Crippen molar-refractivity contribution in [2.75, 3.05) is 11.1 Å². The highest BCUT2D eigenvalue weighted by Gasteiger charge is 2.06. The van der Waals surface area contributed by atoms with Crippen molar-refractivity contribution in [2.45, 2.75) is 17.2 Å². The summed E-state index contributed by atoms with van der Waals surface area (Å²) >= 11 is 9.30. The predicted octanol–water partition coefficient (Wildman–Crippen LogP) is 5.46. The molecular formula is C17H15ClN2OS2. The van der Waals surface area contributed by atoms with Crippen LogP contribution in [0.5, 0.6) is 0 Å². The summed E-state index contributed by atoms with van der Waals surface area (Å²) in [6.45, 7) is 0. The summed E-state index contributed by atoms with van der Waals surface area (Å²) in [5.74, 6) is 0.889. The molecule has 3 aromatic rings. The van der Waals surface area contributed by atoms with Crippen LogP contribution in [0.15, 0.2) is 52.9 Å². The highest BCUT2D eigenvalue weighted by molar-refractivity contribution is 8.01. The second kappa shape index (κ2) is 7.81. The van der Waals surface area contributed by atoms with Crippen LogP contribution >= 0.6 is 34.7 Å². The third kappa shape index (κ3) is 4.70. The normalized spacial score (nSPS) is 10.8. The van der Waals surface area contributed by atoms with Crippen LogP contribution in [-0.2, 0) is 4.79 Å². The van der Waals surface area contributed by atoms with Crippen LogP contribution in [0.3, 0.4) is 0 Å². The van der Waals surface area contributed by atoms with Gasteiger partial charge in [0.1, 0.15) is 0 Å². The summed E-state index contributed by atoms with van der Waals surface area (Å²) in [7, 11) is 0. The van der Waals surface area contributed by atoms with Gasteiger partial charge in [-0.15, -0.1) is 11.3 Å². The monoisotopic (exact) mass is 362 g/mol. The van der Waals surface area contributed by atoms with Crippen LogP contribution in [0.4, 0.5) is 5.69 Å². The number of amides is 1. The van der Waals surface area contributed by atoms with Gasteiger partial charge in [0.05, 0.1) is 10.2 Å². The average molecular weight is 363 g/mol. The van der Waals surface area contributed by atoms with Crippen molar-refractivity contribution in [3.05, 3.63) is 53.6 Å². The van der Waals surface area contributed by atoms with E-state index in [0.717, 1.165) is 27.7 Å². The molecule has 0 atom stereocenters. The second-order valence-electron chi connectivity index (χ2n) is 4.96. The molecule has 2 aromatic carbocycles. The number of benzene rings is 2. The third-order valence-corrected chi connectivity index (χ3v) is 5.66. The minimum absolute atomic E-state index is 0.0113. The first-order valence-electron chi connectivity index (χ1n) is 7.24. The Morgan fingerprint density at radius 3 is 2.91 bits per heavy atom. The van der Waals surface area contributed by atoms with Gasteiger partial charge in [0.25, 0.3) is 0 Å². The lowest BCUT2D eigenvalue weighted by atomic mass is 10.3. The highest BCUT2D eigenvalue weighted by atomic mass is 35.5. The lowest BCUT2D eigenvalue weighted by Gasteiger charge is -2.05. The van der Waals surface area contributed by atoms with Crippen molar-refractivity contribution in [2.24, 2.45) is 0 Å². The molecule has 3 nitrogen and oxygen atoms in total. The summed E-state index contributed by atoms with van der Waals surface area (Å²) in [4.78, 5) is 16.5. The summed E-state index contributed by atoms with van der Waals surface area (Å²) < 4.78 is 2.26. The van der Waals surface area contributed by atoms with Crippen molar-refractivity contribution in [3.8, 4) is 0 Å². The molecule has 0 spiro atoms. The second-order valence-corrected chi connectivity index (χ2v) is 7.77. The third-order valence-electron chi connectivity index (χ3n) is 3.16. The van der Waals surface area contributed by atoms with Gasteiger partial charge in [-0.25, -0.2) is 4.98 Å². The maximum absolute atomic E-state index is 11.9. The number of fused-ring (bicyclic) bond motifs is 1. The van der Waals surface area contributed by atoms with Crippen LogP contribution in [0.2, 0.25) is 5.02 Å². The number of aromatic nitrogens is 1. The molecule has 0 aliphatic carbocycles. The highest BCUT2D eigenvalue weighted by Crippen LogP contribution is 2.29. The fraction of sp³-hybridized carbons (Fsp3) is 0.176. The molecule has 23 heavy (non-hydrogen) atoms. The number of carbonyl (C=O) groups is 1. The summed E-state index contributed by atoms with van der Waals surface area (Å²) in [6, 6.07) is 15.3. The Bertz CT molecular complexity index is 786. The van der Waals surface area contributed by atoms with E-state index in [9.17, 15) is 4.79 Å². The van der Waals surface area contributed by atoms with Gasteiger partial charge in [-0.3, -0.25) is 4.79 Å². The largest absolute Gasteiger partial charge is 0.326 e. The number of thioether (sulfide) groups is 1. The molecule has 1 heterocycles. The van der Waals surface area contributed by atoms with Crippen molar-refractivity contribution >= 4 is 56.5 Å². The van der Waals surface area contributed by atoms with Gasteiger partial charge >= 0.3 is 0 Å². The van der Waals surface area contributed by atoms with Crippen LogP contribution < -0.4 is 5.32 Å². The van der Waals surface area contributed by atoms with Gasteiger partial charge in [-0.05, 0) is 36.8 Å². The first-order valence-corrected chi connectivity index (χ1v) is 9.42. The van der Waals surface area contributed by atoms with Gasteiger partial charge in [-0.2, -0.15) is 0 Å². The van der Waals surface area contributed by atoms with Gasteiger partial charge < -0.3 is 5.32 Å². The number of hydrogen-bond donors (Lipinski definition) is 1. The van der Waals surface area contributed by atoms with E-state index in [2.05, 4.69) is 16.4 Å². The van der Waals surface area contributed by atoms with Crippen LogP contribution in [-0.4, -0.2) is 16.6 Å². The summed E-state index contributed by atoms with van der Waals surface area (Å²) in [5, 5.41) is 3.48. The zero-order chi connectivity index (χ0) is 16.1. The lowest BCUT2D eigenvalue weighted by Crippen LogP contribution is -2.11. The van der Waals surface area contributed by atoms with E-state index in [-0.39, 0.29) is 5.91 Å². The van der Waals surface area contributed by atoms with Gasteiger partial charge in [-0.1, -0.05) is 41.6 Å². The standard InChI is InChI=1S/C17H15ClN2OS2/c18-12-5-3-6-13(11-12)19-16(21)9-4-10-22-17-20-14-7-1-2-8-15(14)23-17/h1-3,5-8,11H,4,9-10H2,(H,19,21). The first kappa shape index (κ1) is 16.3. The predicted molar refractivity (Wildman–Crippen MR) is 99.7 cm³/mol. The van der Waals surface area contributed by atoms with Crippen molar-refractivity contribution in [1.82, 2.24) is 4.98 Å². The zero-order valence-corrected chi connectivity index (χ0v) is 14.7. The maximum atomic E-state index is 11.9. The average Bonchev–Trinajstić information content (AvgIpc) is 2.94. The van der Waals surface area contributed by atoms with E-state index in [4.69, 9.17) is 11.6 Å². The number of hydrogen-bond acceptors (Lipinski definition) is 4. The Kier molecular flexibility index (Phi) is 5.54. The lowest BCUT2D eigenvalue weighted by molar-refractivity contribution is -0.116. The fourth-order valence-electron chi connectivity index (χ4n) is 2.09.